The number of pyridine rings is 1. The fraction of sp³-hybridized carbons (Fsp3) is 0.0571. The van der Waals surface area contributed by atoms with Crippen molar-refractivity contribution < 1.29 is 27.5 Å². The van der Waals surface area contributed by atoms with Gasteiger partial charge in [0.2, 0.25) is 0 Å². The van der Waals surface area contributed by atoms with Crippen molar-refractivity contribution in [3.05, 3.63) is 144 Å². The zero-order valence-corrected chi connectivity index (χ0v) is 24.4. The fourth-order valence-electron chi connectivity index (χ4n) is 4.74. The monoisotopic (exact) mass is 602 g/mol. The van der Waals surface area contributed by atoms with E-state index in [1.54, 1.807) is 48.5 Å². The second-order valence-corrected chi connectivity index (χ2v) is 11.8. The number of esters is 1. The fourth-order valence-corrected chi connectivity index (χ4v) is 6.06. The molecule has 0 saturated heterocycles. The first-order valence-corrected chi connectivity index (χ1v) is 15.2. The zero-order chi connectivity index (χ0) is 30.7. The summed E-state index contributed by atoms with van der Waals surface area (Å²) in [7, 11) is -4.45. The minimum atomic E-state index is -4.45. The molecule has 0 N–H and O–H groups in total. The van der Waals surface area contributed by atoms with Crippen molar-refractivity contribution >= 4 is 49.6 Å². The van der Waals surface area contributed by atoms with Gasteiger partial charge in [0.1, 0.15) is 6.61 Å². The lowest BCUT2D eigenvalue weighted by atomic mass is 10.1. The van der Waals surface area contributed by atoms with Gasteiger partial charge in [-0.3, -0.25) is 0 Å². The number of ether oxygens (including phenoxy) is 2. The maximum absolute atomic E-state index is 14.0. The maximum atomic E-state index is 14.0. The molecule has 0 radical (unpaired) electrons. The molecule has 0 fully saturated rings. The lowest BCUT2D eigenvalue weighted by Gasteiger charge is -2.23. The molecule has 0 aliphatic rings. The van der Waals surface area contributed by atoms with Gasteiger partial charge in [-0.05, 0) is 73.2 Å². The van der Waals surface area contributed by atoms with Gasteiger partial charge in [0.15, 0.2) is 5.75 Å². The van der Waals surface area contributed by atoms with E-state index < -0.39 is 22.1 Å². The lowest BCUT2D eigenvalue weighted by Crippen LogP contribution is -2.39. The molecule has 218 valence electrons. The first-order valence-electron chi connectivity index (χ1n) is 13.7. The quantitative estimate of drug-likeness (QED) is 0.138. The lowest BCUT2D eigenvalue weighted by molar-refractivity contribution is 0.0472. The van der Waals surface area contributed by atoms with Crippen LogP contribution in [0.3, 0.4) is 0 Å². The van der Waals surface area contributed by atoms with E-state index in [-0.39, 0.29) is 28.5 Å². The summed E-state index contributed by atoms with van der Waals surface area (Å²) in [5.41, 5.74) is 3.02. The SMILES string of the molecule is Cc1ccc(S(=O)(=O)N(C(=O)Oc2c3ccccc3nc3ccccc23)c2ccc(C(=O)OCc3ccccc3)cc2)cc1. The molecule has 8 nitrogen and oxygen atoms in total. The van der Waals surface area contributed by atoms with Gasteiger partial charge in [-0.1, -0.05) is 72.3 Å². The average molecular weight is 603 g/mol. The van der Waals surface area contributed by atoms with Crippen LogP contribution in [0.25, 0.3) is 21.8 Å². The summed E-state index contributed by atoms with van der Waals surface area (Å²) in [5.74, 6) is -0.410. The number of carbonyl (C=O) groups excluding carboxylic acids is 2. The Morgan fingerprint density at radius 1 is 0.705 bits per heavy atom. The van der Waals surface area contributed by atoms with Crippen LogP contribution in [0.5, 0.6) is 5.75 Å². The Hall–Kier alpha value is -5.54. The number of sulfonamides is 1. The summed E-state index contributed by atoms with van der Waals surface area (Å²) in [6.45, 7) is 1.91. The van der Waals surface area contributed by atoms with Gasteiger partial charge in [-0.2, -0.15) is 4.31 Å². The van der Waals surface area contributed by atoms with Crippen LogP contribution in [0.15, 0.2) is 132 Å². The molecule has 6 rings (SSSR count). The van der Waals surface area contributed by atoms with Crippen LogP contribution in [0.1, 0.15) is 21.5 Å². The number of hydrogen-bond acceptors (Lipinski definition) is 7. The zero-order valence-electron chi connectivity index (χ0n) is 23.6. The normalized spacial score (nSPS) is 11.3. The molecule has 0 bridgehead atoms. The van der Waals surface area contributed by atoms with Crippen LogP contribution in [-0.4, -0.2) is 25.5 Å². The van der Waals surface area contributed by atoms with Gasteiger partial charge in [-0.15, -0.1) is 0 Å². The molecule has 0 unspecified atom stereocenters. The Kier molecular flexibility index (Phi) is 7.78. The highest BCUT2D eigenvalue weighted by Gasteiger charge is 2.34. The standard InChI is InChI=1S/C35H26N2O6S/c1-24-15-21-28(22-16-24)44(40,41)37(27-19-17-26(18-20-27)34(38)42-23-25-9-3-2-4-10-25)35(39)43-33-29-11-5-7-13-31(29)36-32-14-8-6-12-30(32)33/h2-22H,23H2,1H3. The molecule has 1 aromatic heterocycles. The van der Waals surface area contributed by atoms with Crippen LogP contribution < -0.4 is 9.04 Å². The van der Waals surface area contributed by atoms with Crippen LogP contribution in [0, 0.1) is 6.92 Å². The van der Waals surface area contributed by atoms with E-state index in [1.165, 1.54) is 36.4 Å². The van der Waals surface area contributed by atoms with E-state index in [9.17, 15) is 18.0 Å². The summed E-state index contributed by atoms with van der Waals surface area (Å²) >= 11 is 0. The van der Waals surface area contributed by atoms with E-state index in [0.717, 1.165) is 11.1 Å². The third-order valence-electron chi connectivity index (χ3n) is 7.00. The molecule has 1 heterocycles. The highest BCUT2D eigenvalue weighted by atomic mass is 32.2. The summed E-state index contributed by atoms with van der Waals surface area (Å²) in [4.78, 5) is 31.2. The van der Waals surface area contributed by atoms with Gasteiger partial charge in [0.05, 0.1) is 27.2 Å². The summed E-state index contributed by atoms with van der Waals surface area (Å²) in [5, 5.41) is 1.09. The minimum Gasteiger partial charge on any atom is -0.457 e. The maximum Gasteiger partial charge on any atom is 0.434 e. The van der Waals surface area contributed by atoms with Gasteiger partial charge in [0.25, 0.3) is 10.0 Å². The topological polar surface area (TPSA) is 103 Å². The number of hydrogen-bond donors (Lipinski definition) is 0. The number of aromatic nitrogens is 1. The van der Waals surface area contributed by atoms with Crippen LogP contribution in [0.4, 0.5) is 10.5 Å². The number of rotatable bonds is 7. The number of fused-ring (bicyclic) bond motifs is 2. The van der Waals surface area contributed by atoms with Crippen LogP contribution in [-0.2, 0) is 21.4 Å². The molecule has 44 heavy (non-hydrogen) atoms. The van der Waals surface area contributed by atoms with Crippen molar-refractivity contribution in [1.29, 1.82) is 0 Å². The molecule has 6 aromatic rings. The molecule has 0 aliphatic heterocycles. The molecule has 1 amide bonds. The molecular weight excluding hydrogens is 576 g/mol. The molecule has 0 aliphatic carbocycles. The summed E-state index contributed by atoms with van der Waals surface area (Å²) in [6, 6.07) is 35.2. The second-order valence-electron chi connectivity index (χ2n) is 10.0. The average Bonchev–Trinajstić information content (AvgIpc) is 3.04. The Labute approximate surface area is 254 Å². The molecule has 0 saturated carbocycles. The number of benzene rings is 5. The van der Waals surface area contributed by atoms with Gasteiger partial charge in [0, 0.05) is 10.8 Å². The Balaban J connectivity index is 1.38. The van der Waals surface area contributed by atoms with Crippen molar-refractivity contribution in [2.24, 2.45) is 0 Å². The van der Waals surface area contributed by atoms with E-state index in [0.29, 0.717) is 26.1 Å². The number of carbonyl (C=O) groups is 2. The van der Waals surface area contributed by atoms with Crippen LogP contribution >= 0.6 is 0 Å². The van der Waals surface area contributed by atoms with Crippen molar-refractivity contribution in [3.63, 3.8) is 0 Å². The van der Waals surface area contributed by atoms with E-state index in [2.05, 4.69) is 4.98 Å². The van der Waals surface area contributed by atoms with Crippen molar-refractivity contribution in [1.82, 2.24) is 4.98 Å². The molecule has 0 atom stereocenters. The van der Waals surface area contributed by atoms with Crippen molar-refractivity contribution in [2.75, 3.05) is 4.31 Å². The Morgan fingerprint density at radius 3 is 1.89 bits per heavy atom. The van der Waals surface area contributed by atoms with Gasteiger partial charge in [-0.25, -0.2) is 23.0 Å². The van der Waals surface area contributed by atoms with E-state index in [1.807, 2.05) is 49.4 Å². The van der Waals surface area contributed by atoms with E-state index in [4.69, 9.17) is 9.47 Å². The van der Waals surface area contributed by atoms with Crippen molar-refractivity contribution in [2.45, 2.75) is 18.4 Å². The van der Waals surface area contributed by atoms with E-state index >= 15 is 0 Å². The largest absolute Gasteiger partial charge is 0.457 e. The summed E-state index contributed by atoms with van der Waals surface area (Å²) < 4.78 is 39.9. The van der Waals surface area contributed by atoms with Gasteiger partial charge < -0.3 is 9.47 Å². The number of aryl methyl sites for hydroxylation is 1. The number of amides is 1. The number of para-hydroxylation sites is 2. The summed E-state index contributed by atoms with van der Waals surface area (Å²) in [6.07, 6.45) is -1.15. The first-order chi connectivity index (χ1) is 21.3. The highest BCUT2D eigenvalue weighted by Crippen LogP contribution is 2.34. The molecule has 5 aromatic carbocycles. The van der Waals surface area contributed by atoms with Gasteiger partial charge >= 0.3 is 12.1 Å². The number of nitrogens with zero attached hydrogens (tertiary/aromatic N) is 2. The van der Waals surface area contributed by atoms with Crippen LogP contribution in [0.2, 0.25) is 0 Å². The molecular formula is C35H26N2O6S. The Morgan fingerprint density at radius 2 is 1.27 bits per heavy atom. The number of anilines is 1. The third kappa shape index (κ3) is 5.73. The van der Waals surface area contributed by atoms with Crippen molar-refractivity contribution in [3.8, 4) is 5.75 Å². The Bertz CT molecular complexity index is 2040. The third-order valence-corrected chi connectivity index (χ3v) is 8.71. The predicted molar refractivity (Wildman–Crippen MR) is 168 cm³/mol. The smallest absolute Gasteiger partial charge is 0.434 e. The minimum absolute atomic E-state index is 0.0159. The second kappa shape index (κ2) is 12.0. The first kappa shape index (κ1) is 28.6. The highest BCUT2D eigenvalue weighted by molar-refractivity contribution is 7.93. The molecule has 0 spiro atoms. The predicted octanol–water partition coefficient (Wildman–Crippen LogP) is 7.45. The molecule has 9 heteroatoms.